The lowest BCUT2D eigenvalue weighted by Gasteiger charge is -2.11. The Bertz CT molecular complexity index is 878. The SMILES string of the molecule is CCOc1ccc(S(=O)(=O)Nc2ccc3c(c2)C(=O)NCCO3)cc1. The van der Waals surface area contributed by atoms with Gasteiger partial charge in [0.05, 0.1) is 23.6 Å². The van der Waals surface area contributed by atoms with Gasteiger partial charge in [0.1, 0.15) is 18.1 Å². The fourth-order valence-corrected chi connectivity index (χ4v) is 3.46. The maximum absolute atomic E-state index is 12.5. The van der Waals surface area contributed by atoms with Gasteiger partial charge in [-0.3, -0.25) is 9.52 Å². The van der Waals surface area contributed by atoms with Crippen LogP contribution in [0.1, 0.15) is 17.3 Å². The Morgan fingerprint density at radius 1 is 1.20 bits per heavy atom. The first-order chi connectivity index (χ1) is 12.0. The predicted octanol–water partition coefficient (Wildman–Crippen LogP) is 2.01. The molecule has 0 radical (unpaired) electrons. The molecule has 0 saturated heterocycles. The standard InChI is InChI=1S/C17H18N2O5S/c1-2-23-13-4-6-14(7-5-13)25(21,22)19-12-3-8-16-15(11-12)17(20)18-9-10-24-16/h3-8,11,19H,2,9-10H2,1H3,(H,18,20). The smallest absolute Gasteiger partial charge is 0.261 e. The summed E-state index contributed by atoms with van der Waals surface area (Å²) < 4.78 is 38.2. The topological polar surface area (TPSA) is 93.7 Å². The van der Waals surface area contributed by atoms with Crippen LogP contribution in [0.2, 0.25) is 0 Å². The molecule has 0 atom stereocenters. The molecule has 1 amide bonds. The van der Waals surface area contributed by atoms with Gasteiger partial charge >= 0.3 is 0 Å². The van der Waals surface area contributed by atoms with Crippen molar-refractivity contribution in [3.63, 3.8) is 0 Å². The molecule has 25 heavy (non-hydrogen) atoms. The molecule has 0 spiro atoms. The highest BCUT2D eigenvalue weighted by Gasteiger charge is 2.19. The minimum atomic E-state index is -3.78. The maximum atomic E-state index is 12.5. The number of sulfonamides is 1. The van der Waals surface area contributed by atoms with Crippen molar-refractivity contribution in [2.45, 2.75) is 11.8 Å². The average Bonchev–Trinajstić information content (AvgIpc) is 2.77. The summed E-state index contributed by atoms with van der Waals surface area (Å²) in [5.74, 6) is 0.730. The minimum absolute atomic E-state index is 0.103. The van der Waals surface area contributed by atoms with Gasteiger partial charge in [-0.15, -0.1) is 0 Å². The van der Waals surface area contributed by atoms with Crippen LogP contribution in [0.3, 0.4) is 0 Å². The maximum Gasteiger partial charge on any atom is 0.261 e. The largest absolute Gasteiger partial charge is 0.494 e. The Kier molecular flexibility index (Phi) is 4.80. The second kappa shape index (κ2) is 7.02. The molecule has 132 valence electrons. The van der Waals surface area contributed by atoms with Crippen molar-refractivity contribution in [1.29, 1.82) is 0 Å². The van der Waals surface area contributed by atoms with E-state index in [4.69, 9.17) is 9.47 Å². The summed E-state index contributed by atoms with van der Waals surface area (Å²) in [6, 6.07) is 10.7. The molecule has 3 rings (SSSR count). The molecule has 2 aromatic rings. The van der Waals surface area contributed by atoms with Gasteiger partial charge in [-0.2, -0.15) is 0 Å². The van der Waals surface area contributed by atoms with Crippen LogP contribution in [-0.4, -0.2) is 34.1 Å². The molecule has 0 aliphatic carbocycles. The van der Waals surface area contributed by atoms with Gasteiger partial charge in [0.2, 0.25) is 0 Å². The molecule has 1 aliphatic rings. The van der Waals surface area contributed by atoms with Gasteiger partial charge in [-0.05, 0) is 49.4 Å². The molecule has 1 heterocycles. The van der Waals surface area contributed by atoms with Gasteiger partial charge in [0.15, 0.2) is 0 Å². The summed E-state index contributed by atoms with van der Waals surface area (Å²) in [5, 5.41) is 2.69. The quantitative estimate of drug-likeness (QED) is 0.849. The van der Waals surface area contributed by atoms with Gasteiger partial charge < -0.3 is 14.8 Å². The van der Waals surface area contributed by atoms with Crippen LogP contribution in [0.5, 0.6) is 11.5 Å². The van der Waals surface area contributed by atoms with E-state index >= 15 is 0 Å². The van der Waals surface area contributed by atoms with Crippen molar-refractivity contribution in [2.75, 3.05) is 24.5 Å². The first-order valence-corrected chi connectivity index (χ1v) is 9.28. The Morgan fingerprint density at radius 2 is 1.96 bits per heavy atom. The molecule has 7 nitrogen and oxygen atoms in total. The number of benzene rings is 2. The van der Waals surface area contributed by atoms with Crippen molar-refractivity contribution in [2.24, 2.45) is 0 Å². The second-order valence-corrected chi connectivity index (χ2v) is 7.01. The van der Waals surface area contributed by atoms with Gasteiger partial charge in [0.25, 0.3) is 15.9 Å². The van der Waals surface area contributed by atoms with Crippen molar-refractivity contribution in [1.82, 2.24) is 5.32 Å². The summed E-state index contributed by atoms with van der Waals surface area (Å²) in [6.45, 7) is 3.13. The van der Waals surface area contributed by atoms with Crippen LogP contribution in [0.25, 0.3) is 0 Å². The first-order valence-electron chi connectivity index (χ1n) is 7.80. The monoisotopic (exact) mass is 362 g/mol. The molecule has 0 unspecified atom stereocenters. The van der Waals surface area contributed by atoms with Gasteiger partial charge in [-0.25, -0.2) is 8.42 Å². The van der Waals surface area contributed by atoms with Crippen LogP contribution in [-0.2, 0) is 10.0 Å². The first kappa shape index (κ1) is 17.1. The lowest BCUT2D eigenvalue weighted by Crippen LogP contribution is -2.24. The highest BCUT2D eigenvalue weighted by molar-refractivity contribution is 7.92. The van der Waals surface area contributed by atoms with Crippen LogP contribution >= 0.6 is 0 Å². The highest BCUT2D eigenvalue weighted by atomic mass is 32.2. The summed E-state index contributed by atoms with van der Waals surface area (Å²) >= 11 is 0. The molecule has 0 aromatic heterocycles. The zero-order valence-corrected chi connectivity index (χ0v) is 14.4. The number of carbonyl (C=O) groups is 1. The van der Waals surface area contributed by atoms with Crippen LogP contribution in [0.4, 0.5) is 5.69 Å². The number of carbonyl (C=O) groups excluding carboxylic acids is 1. The summed E-state index contributed by atoms with van der Waals surface area (Å²) in [4.78, 5) is 12.1. The molecule has 0 fully saturated rings. The Hall–Kier alpha value is -2.74. The Morgan fingerprint density at radius 3 is 2.68 bits per heavy atom. The normalized spacial score (nSPS) is 13.9. The third kappa shape index (κ3) is 3.85. The van der Waals surface area contributed by atoms with Crippen molar-refractivity contribution < 1.29 is 22.7 Å². The lowest BCUT2D eigenvalue weighted by atomic mass is 10.1. The number of nitrogens with one attached hydrogen (secondary N) is 2. The van der Waals surface area contributed by atoms with E-state index in [2.05, 4.69) is 10.0 Å². The van der Waals surface area contributed by atoms with Crippen molar-refractivity contribution in [3.05, 3.63) is 48.0 Å². The van der Waals surface area contributed by atoms with E-state index < -0.39 is 10.0 Å². The molecular formula is C17H18N2O5S. The summed E-state index contributed by atoms with van der Waals surface area (Å²) in [7, 11) is -3.78. The fraction of sp³-hybridized carbons (Fsp3) is 0.235. The Labute approximate surface area is 146 Å². The molecule has 8 heteroatoms. The molecule has 0 saturated carbocycles. The van der Waals surface area contributed by atoms with Gasteiger partial charge in [0, 0.05) is 5.69 Å². The number of fused-ring (bicyclic) bond motifs is 1. The summed E-state index contributed by atoms with van der Waals surface area (Å²) in [5.41, 5.74) is 0.581. The number of amides is 1. The van der Waals surface area contributed by atoms with E-state index in [9.17, 15) is 13.2 Å². The summed E-state index contributed by atoms with van der Waals surface area (Å²) in [6.07, 6.45) is 0. The van der Waals surface area contributed by atoms with Crippen LogP contribution in [0, 0.1) is 0 Å². The molecular weight excluding hydrogens is 344 g/mol. The average molecular weight is 362 g/mol. The van der Waals surface area contributed by atoms with Crippen molar-refractivity contribution in [3.8, 4) is 11.5 Å². The predicted molar refractivity (Wildman–Crippen MR) is 92.7 cm³/mol. The third-order valence-electron chi connectivity index (χ3n) is 3.57. The van der Waals surface area contributed by atoms with Gasteiger partial charge in [-0.1, -0.05) is 0 Å². The van der Waals surface area contributed by atoms with E-state index in [-0.39, 0.29) is 16.5 Å². The number of rotatable bonds is 5. The molecule has 0 bridgehead atoms. The van der Waals surface area contributed by atoms with Crippen LogP contribution < -0.4 is 19.5 Å². The third-order valence-corrected chi connectivity index (χ3v) is 4.96. The molecule has 1 aliphatic heterocycles. The number of hydrogen-bond donors (Lipinski definition) is 2. The Balaban J connectivity index is 1.84. The number of hydrogen-bond acceptors (Lipinski definition) is 5. The van der Waals surface area contributed by atoms with E-state index in [0.29, 0.717) is 36.8 Å². The van der Waals surface area contributed by atoms with E-state index in [1.807, 2.05) is 6.92 Å². The van der Waals surface area contributed by atoms with Crippen molar-refractivity contribution >= 4 is 21.6 Å². The number of ether oxygens (including phenoxy) is 2. The van der Waals surface area contributed by atoms with Crippen LogP contribution in [0.15, 0.2) is 47.4 Å². The van der Waals surface area contributed by atoms with E-state index in [1.165, 1.54) is 18.2 Å². The second-order valence-electron chi connectivity index (χ2n) is 5.33. The zero-order valence-electron chi connectivity index (χ0n) is 13.6. The fourth-order valence-electron chi connectivity index (χ4n) is 2.41. The minimum Gasteiger partial charge on any atom is -0.494 e. The lowest BCUT2D eigenvalue weighted by molar-refractivity contribution is 0.0957. The highest BCUT2D eigenvalue weighted by Crippen LogP contribution is 2.26. The van der Waals surface area contributed by atoms with E-state index in [0.717, 1.165) is 0 Å². The zero-order chi connectivity index (χ0) is 17.9. The number of anilines is 1. The van der Waals surface area contributed by atoms with E-state index in [1.54, 1.807) is 24.3 Å². The molecule has 2 N–H and O–H groups in total. The molecule has 2 aromatic carbocycles.